The van der Waals surface area contributed by atoms with E-state index in [-0.39, 0.29) is 16.3 Å². The van der Waals surface area contributed by atoms with E-state index in [4.69, 9.17) is 37.4 Å². The standard InChI is InChI=1S/C16H15Cl2NO4/c1-21-10-4-5-13(14(8-10)22-2)19-16(20)11-6-9(17)7-12(18)15(11)23-3/h4-8H,1-3H3,(H,19,20). The second-order valence-corrected chi connectivity index (χ2v) is 5.33. The Morgan fingerprint density at radius 2 is 1.74 bits per heavy atom. The van der Waals surface area contributed by atoms with E-state index in [1.54, 1.807) is 25.3 Å². The molecule has 2 aromatic rings. The molecule has 0 aromatic heterocycles. The lowest BCUT2D eigenvalue weighted by atomic mass is 10.1. The highest BCUT2D eigenvalue weighted by molar-refractivity contribution is 6.36. The number of hydrogen-bond donors (Lipinski definition) is 1. The van der Waals surface area contributed by atoms with Crippen LogP contribution in [0.3, 0.4) is 0 Å². The summed E-state index contributed by atoms with van der Waals surface area (Å²) in [6.07, 6.45) is 0. The van der Waals surface area contributed by atoms with Gasteiger partial charge in [0.2, 0.25) is 0 Å². The molecule has 0 radical (unpaired) electrons. The van der Waals surface area contributed by atoms with Crippen molar-refractivity contribution in [3.63, 3.8) is 0 Å². The maximum Gasteiger partial charge on any atom is 0.259 e. The zero-order chi connectivity index (χ0) is 17.0. The Kier molecular flexibility index (Phi) is 5.58. The topological polar surface area (TPSA) is 56.8 Å². The van der Waals surface area contributed by atoms with Gasteiger partial charge in [-0.1, -0.05) is 23.2 Å². The average Bonchev–Trinajstić information content (AvgIpc) is 2.54. The molecular weight excluding hydrogens is 341 g/mol. The van der Waals surface area contributed by atoms with Gasteiger partial charge in [-0.05, 0) is 24.3 Å². The molecule has 5 nitrogen and oxygen atoms in total. The molecule has 0 saturated heterocycles. The van der Waals surface area contributed by atoms with E-state index in [0.717, 1.165) is 0 Å². The molecule has 0 unspecified atom stereocenters. The minimum atomic E-state index is -0.422. The summed E-state index contributed by atoms with van der Waals surface area (Å²) in [4.78, 5) is 12.5. The van der Waals surface area contributed by atoms with Crippen molar-refractivity contribution >= 4 is 34.8 Å². The third kappa shape index (κ3) is 3.81. The van der Waals surface area contributed by atoms with E-state index in [1.165, 1.54) is 26.4 Å². The molecule has 0 aliphatic rings. The number of carbonyl (C=O) groups excluding carboxylic acids is 1. The average molecular weight is 356 g/mol. The summed E-state index contributed by atoms with van der Waals surface area (Å²) in [5.41, 5.74) is 0.708. The maximum atomic E-state index is 12.5. The van der Waals surface area contributed by atoms with Crippen LogP contribution < -0.4 is 19.5 Å². The predicted molar refractivity (Wildman–Crippen MR) is 90.5 cm³/mol. The van der Waals surface area contributed by atoms with Crippen molar-refractivity contribution in [1.29, 1.82) is 0 Å². The summed E-state index contributed by atoms with van der Waals surface area (Å²) in [5, 5.41) is 3.33. The zero-order valence-corrected chi connectivity index (χ0v) is 14.3. The zero-order valence-electron chi connectivity index (χ0n) is 12.8. The van der Waals surface area contributed by atoms with Crippen LogP contribution >= 0.6 is 23.2 Å². The number of benzene rings is 2. The molecule has 23 heavy (non-hydrogen) atoms. The van der Waals surface area contributed by atoms with Gasteiger partial charge in [0.15, 0.2) is 0 Å². The van der Waals surface area contributed by atoms with Gasteiger partial charge in [-0.15, -0.1) is 0 Å². The molecule has 0 saturated carbocycles. The summed E-state index contributed by atoms with van der Waals surface area (Å²) < 4.78 is 15.6. The van der Waals surface area contributed by atoms with Crippen LogP contribution in [-0.2, 0) is 0 Å². The molecule has 122 valence electrons. The molecule has 0 bridgehead atoms. The maximum absolute atomic E-state index is 12.5. The molecular formula is C16H15Cl2NO4. The third-order valence-corrected chi connectivity index (χ3v) is 3.61. The van der Waals surface area contributed by atoms with Gasteiger partial charge in [-0.25, -0.2) is 0 Å². The second-order valence-electron chi connectivity index (χ2n) is 4.49. The van der Waals surface area contributed by atoms with E-state index in [2.05, 4.69) is 5.32 Å². The molecule has 0 aliphatic carbocycles. The molecule has 0 spiro atoms. The number of amides is 1. The number of halogens is 2. The van der Waals surface area contributed by atoms with Gasteiger partial charge in [0.1, 0.15) is 17.2 Å². The van der Waals surface area contributed by atoms with Crippen molar-refractivity contribution in [2.45, 2.75) is 0 Å². The highest BCUT2D eigenvalue weighted by Crippen LogP contribution is 2.34. The summed E-state index contributed by atoms with van der Waals surface area (Å²) >= 11 is 12.0. The van der Waals surface area contributed by atoms with E-state index in [1.807, 2.05) is 0 Å². The minimum absolute atomic E-state index is 0.225. The van der Waals surface area contributed by atoms with Crippen LogP contribution in [0.2, 0.25) is 10.0 Å². The van der Waals surface area contributed by atoms with Crippen LogP contribution in [0.4, 0.5) is 5.69 Å². The quantitative estimate of drug-likeness (QED) is 0.869. The Morgan fingerprint density at radius 1 is 1.00 bits per heavy atom. The van der Waals surface area contributed by atoms with Gasteiger partial charge >= 0.3 is 0 Å². The van der Waals surface area contributed by atoms with Gasteiger partial charge < -0.3 is 19.5 Å². The summed E-state index contributed by atoms with van der Waals surface area (Å²) in [6, 6.07) is 8.04. The first kappa shape index (κ1) is 17.2. The Hall–Kier alpha value is -2.11. The first-order valence-corrected chi connectivity index (χ1v) is 7.32. The van der Waals surface area contributed by atoms with Crippen molar-refractivity contribution in [2.75, 3.05) is 26.6 Å². The van der Waals surface area contributed by atoms with Crippen molar-refractivity contribution in [3.05, 3.63) is 45.9 Å². The SMILES string of the molecule is COc1ccc(NC(=O)c2cc(Cl)cc(Cl)c2OC)c(OC)c1. The molecule has 1 amide bonds. The third-order valence-electron chi connectivity index (χ3n) is 3.11. The van der Waals surface area contributed by atoms with Gasteiger partial charge in [0, 0.05) is 11.1 Å². The number of ether oxygens (including phenoxy) is 3. The predicted octanol–water partition coefficient (Wildman–Crippen LogP) is 4.27. The Balaban J connectivity index is 2.36. The first-order valence-electron chi connectivity index (χ1n) is 6.56. The van der Waals surface area contributed by atoms with Crippen molar-refractivity contribution in [2.24, 2.45) is 0 Å². The van der Waals surface area contributed by atoms with E-state index >= 15 is 0 Å². The summed E-state index contributed by atoms with van der Waals surface area (Å²) in [7, 11) is 4.48. The number of carbonyl (C=O) groups is 1. The van der Waals surface area contributed by atoms with E-state index in [9.17, 15) is 4.79 Å². The number of methoxy groups -OCH3 is 3. The lowest BCUT2D eigenvalue weighted by Crippen LogP contribution is -2.14. The molecule has 0 fully saturated rings. The van der Waals surface area contributed by atoms with Crippen molar-refractivity contribution in [3.8, 4) is 17.2 Å². The van der Waals surface area contributed by atoms with E-state index in [0.29, 0.717) is 22.2 Å². The first-order chi connectivity index (χ1) is 11.0. The molecule has 0 heterocycles. The fourth-order valence-electron chi connectivity index (χ4n) is 2.03. The fourth-order valence-corrected chi connectivity index (χ4v) is 2.60. The van der Waals surface area contributed by atoms with E-state index < -0.39 is 5.91 Å². The van der Waals surface area contributed by atoms with Gasteiger partial charge in [-0.3, -0.25) is 4.79 Å². The Bertz CT molecular complexity index is 734. The van der Waals surface area contributed by atoms with Gasteiger partial charge in [0.05, 0.1) is 37.6 Å². The molecule has 2 rings (SSSR count). The monoisotopic (exact) mass is 355 g/mol. The van der Waals surface area contributed by atoms with Crippen molar-refractivity contribution in [1.82, 2.24) is 0 Å². The van der Waals surface area contributed by atoms with Gasteiger partial charge in [-0.2, -0.15) is 0 Å². The molecule has 0 aliphatic heterocycles. The van der Waals surface area contributed by atoms with Crippen LogP contribution in [0.5, 0.6) is 17.2 Å². The molecule has 1 N–H and O–H groups in total. The van der Waals surface area contributed by atoms with Crippen molar-refractivity contribution < 1.29 is 19.0 Å². The number of nitrogens with one attached hydrogen (secondary N) is 1. The summed E-state index contributed by atoms with van der Waals surface area (Å²) in [6.45, 7) is 0. The number of anilines is 1. The smallest absolute Gasteiger partial charge is 0.259 e. The van der Waals surface area contributed by atoms with Gasteiger partial charge in [0.25, 0.3) is 5.91 Å². The van der Waals surface area contributed by atoms with Crippen LogP contribution in [0.15, 0.2) is 30.3 Å². The lowest BCUT2D eigenvalue weighted by Gasteiger charge is -2.14. The highest BCUT2D eigenvalue weighted by Gasteiger charge is 2.18. The minimum Gasteiger partial charge on any atom is -0.497 e. The summed E-state index contributed by atoms with van der Waals surface area (Å²) in [5.74, 6) is 0.906. The number of hydrogen-bond acceptors (Lipinski definition) is 4. The largest absolute Gasteiger partial charge is 0.497 e. The fraction of sp³-hybridized carbons (Fsp3) is 0.188. The molecule has 2 aromatic carbocycles. The lowest BCUT2D eigenvalue weighted by molar-refractivity contribution is 0.102. The normalized spacial score (nSPS) is 10.1. The van der Waals surface area contributed by atoms with Crippen LogP contribution in [0.1, 0.15) is 10.4 Å². The Labute approximate surface area is 144 Å². The van der Waals surface area contributed by atoms with Crippen LogP contribution in [-0.4, -0.2) is 27.2 Å². The molecule has 0 atom stereocenters. The van der Waals surface area contributed by atoms with Crippen LogP contribution in [0, 0.1) is 0 Å². The second kappa shape index (κ2) is 7.44. The molecule has 7 heteroatoms. The number of rotatable bonds is 5. The van der Waals surface area contributed by atoms with Crippen LogP contribution in [0.25, 0.3) is 0 Å². The highest BCUT2D eigenvalue weighted by atomic mass is 35.5. The Morgan fingerprint density at radius 3 is 2.35 bits per heavy atom.